The molecule has 0 atom stereocenters. The number of hydrogen-bond acceptors (Lipinski definition) is 2. The lowest BCUT2D eigenvalue weighted by Gasteiger charge is -2.10. The van der Waals surface area contributed by atoms with Crippen LogP contribution in [0.15, 0.2) is 30.3 Å². The molecule has 18 heavy (non-hydrogen) atoms. The maximum atomic E-state index is 13.4. The van der Waals surface area contributed by atoms with E-state index in [2.05, 4.69) is 5.32 Å². The van der Waals surface area contributed by atoms with Crippen LogP contribution in [0.3, 0.4) is 0 Å². The molecular weight excluding hydrogens is 265 g/mol. The van der Waals surface area contributed by atoms with Gasteiger partial charge in [0.05, 0.1) is 16.4 Å². The van der Waals surface area contributed by atoms with Crippen LogP contribution in [0.4, 0.5) is 30.2 Å². The fraction of sp³-hybridized carbons (Fsp3) is 0. The van der Waals surface area contributed by atoms with Crippen molar-refractivity contribution in [2.75, 3.05) is 11.1 Å². The van der Waals surface area contributed by atoms with Gasteiger partial charge in [0.2, 0.25) is 0 Å². The van der Waals surface area contributed by atoms with Crippen LogP contribution in [0.2, 0.25) is 5.02 Å². The van der Waals surface area contributed by atoms with Crippen molar-refractivity contribution in [3.8, 4) is 0 Å². The highest BCUT2D eigenvalue weighted by molar-refractivity contribution is 6.33. The van der Waals surface area contributed by atoms with Gasteiger partial charge in [0.25, 0.3) is 0 Å². The van der Waals surface area contributed by atoms with Crippen molar-refractivity contribution in [2.45, 2.75) is 0 Å². The smallest absolute Gasteiger partial charge is 0.196 e. The minimum Gasteiger partial charge on any atom is -0.399 e. The number of rotatable bonds is 2. The van der Waals surface area contributed by atoms with E-state index in [9.17, 15) is 13.2 Å². The van der Waals surface area contributed by atoms with Crippen LogP contribution >= 0.6 is 11.6 Å². The fourth-order valence-electron chi connectivity index (χ4n) is 1.40. The standard InChI is InChI=1S/C12H8ClF3N2/c13-7-5-6(17)1-3-9(7)18-10-4-2-8(14)11(15)12(10)16/h1-5,18H,17H2. The molecule has 0 aliphatic heterocycles. The summed E-state index contributed by atoms with van der Waals surface area (Å²) in [5.74, 6) is -4.09. The Morgan fingerprint density at radius 2 is 1.61 bits per heavy atom. The van der Waals surface area contributed by atoms with Gasteiger partial charge in [-0.25, -0.2) is 13.2 Å². The second-order valence-electron chi connectivity index (χ2n) is 3.59. The monoisotopic (exact) mass is 272 g/mol. The summed E-state index contributed by atoms with van der Waals surface area (Å²) < 4.78 is 39.2. The van der Waals surface area contributed by atoms with Crippen LogP contribution in [-0.4, -0.2) is 0 Å². The first-order valence-electron chi connectivity index (χ1n) is 4.94. The number of nitrogens with two attached hydrogens (primary N) is 1. The zero-order valence-corrected chi connectivity index (χ0v) is 9.73. The summed E-state index contributed by atoms with van der Waals surface area (Å²) >= 11 is 5.87. The number of halogens is 4. The molecule has 2 aromatic rings. The first kappa shape index (κ1) is 12.6. The summed E-state index contributed by atoms with van der Waals surface area (Å²) in [6.07, 6.45) is 0. The van der Waals surface area contributed by atoms with Crippen molar-refractivity contribution < 1.29 is 13.2 Å². The molecule has 0 saturated carbocycles. The molecule has 6 heteroatoms. The molecule has 2 aromatic carbocycles. The first-order chi connectivity index (χ1) is 8.49. The van der Waals surface area contributed by atoms with E-state index in [1.54, 1.807) is 6.07 Å². The third-order valence-corrected chi connectivity index (χ3v) is 2.61. The Morgan fingerprint density at radius 1 is 0.944 bits per heavy atom. The highest BCUT2D eigenvalue weighted by Gasteiger charge is 2.14. The summed E-state index contributed by atoms with van der Waals surface area (Å²) in [6.45, 7) is 0. The molecule has 0 aliphatic carbocycles. The van der Waals surface area contributed by atoms with Crippen LogP contribution in [0, 0.1) is 17.5 Å². The van der Waals surface area contributed by atoms with Crippen molar-refractivity contribution in [1.82, 2.24) is 0 Å². The quantitative estimate of drug-likeness (QED) is 0.638. The Balaban J connectivity index is 2.37. The number of anilines is 3. The minimum atomic E-state index is -1.54. The third-order valence-electron chi connectivity index (χ3n) is 2.30. The zero-order chi connectivity index (χ0) is 13.3. The van der Waals surface area contributed by atoms with E-state index in [0.717, 1.165) is 12.1 Å². The van der Waals surface area contributed by atoms with E-state index in [-0.39, 0.29) is 10.7 Å². The third kappa shape index (κ3) is 2.36. The van der Waals surface area contributed by atoms with Gasteiger partial charge in [-0.05, 0) is 30.3 Å². The summed E-state index contributed by atoms with van der Waals surface area (Å²) in [4.78, 5) is 0. The van der Waals surface area contributed by atoms with Gasteiger partial charge in [-0.15, -0.1) is 0 Å². The van der Waals surface area contributed by atoms with Crippen molar-refractivity contribution >= 4 is 28.7 Å². The second-order valence-corrected chi connectivity index (χ2v) is 3.99. The van der Waals surface area contributed by atoms with Gasteiger partial charge in [0.1, 0.15) is 0 Å². The molecule has 0 bridgehead atoms. The molecule has 94 valence electrons. The summed E-state index contributed by atoms with van der Waals surface area (Å²) in [7, 11) is 0. The Kier molecular flexibility index (Phi) is 3.34. The molecule has 0 heterocycles. The van der Waals surface area contributed by atoms with E-state index in [1.807, 2.05) is 0 Å². The first-order valence-corrected chi connectivity index (χ1v) is 5.32. The summed E-state index contributed by atoms with van der Waals surface area (Å²) in [5, 5.41) is 2.82. The van der Waals surface area contributed by atoms with Crippen LogP contribution in [0.1, 0.15) is 0 Å². The van der Waals surface area contributed by atoms with Crippen molar-refractivity contribution in [3.05, 3.63) is 52.8 Å². The molecule has 3 N–H and O–H groups in total. The van der Waals surface area contributed by atoms with Gasteiger partial charge >= 0.3 is 0 Å². The van der Waals surface area contributed by atoms with Crippen molar-refractivity contribution in [1.29, 1.82) is 0 Å². The number of hydrogen-bond donors (Lipinski definition) is 2. The van der Waals surface area contributed by atoms with E-state index < -0.39 is 17.5 Å². The van der Waals surface area contributed by atoms with Crippen molar-refractivity contribution in [2.24, 2.45) is 0 Å². The topological polar surface area (TPSA) is 38.0 Å². The number of nitrogens with one attached hydrogen (secondary N) is 1. The molecule has 2 rings (SSSR count). The van der Waals surface area contributed by atoms with Crippen molar-refractivity contribution in [3.63, 3.8) is 0 Å². The maximum absolute atomic E-state index is 13.4. The lowest BCUT2D eigenvalue weighted by Crippen LogP contribution is -1.99. The lowest BCUT2D eigenvalue weighted by atomic mass is 10.2. The predicted octanol–water partition coefficient (Wildman–Crippen LogP) is 4.08. The Bertz CT molecular complexity index is 602. The largest absolute Gasteiger partial charge is 0.399 e. The van der Waals surface area contributed by atoms with Gasteiger partial charge in [-0.2, -0.15) is 0 Å². The highest BCUT2D eigenvalue weighted by atomic mass is 35.5. The van der Waals surface area contributed by atoms with E-state index in [0.29, 0.717) is 11.4 Å². The normalized spacial score (nSPS) is 10.4. The molecule has 0 radical (unpaired) electrons. The van der Waals surface area contributed by atoms with Gasteiger partial charge < -0.3 is 11.1 Å². The number of benzene rings is 2. The summed E-state index contributed by atoms with van der Waals surface area (Å²) in [5.41, 5.74) is 6.08. The van der Waals surface area contributed by atoms with Gasteiger partial charge in [0, 0.05) is 5.69 Å². The zero-order valence-electron chi connectivity index (χ0n) is 8.98. The Labute approximate surface area is 106 Å². The molecule has 0 aliphatic rings. The van der Waals surface area contributed by atoms with E-state index >= 15 is 0 Å². The maximum Gasteiger partial charge on any atom is 0.196 e. The van der Waals surface area contributed by atoms with Gasteiger partial charge in [-0.3, -0.25) is 0 Å². The molecule has 0 saturated heterocycles. The van der Waals surface area contributed by atoms with E-state index in [4.69, 9.17) is 17.3 Å². The fourth-order valence-corrected chi connectivity index (χ4v) is 1.64. The molecule has 0 aromatic heterocycles. The summed E-state index contributed by atoms with van der Waals surface area (Å²) in [6, 6.07) is 6.43. The molecule has 0 unspecified atom stereocenters. The second kappa shape index (κ2) is 4.78. The molecule has 0 spiro atoms. The molecular formula is C12H8ClF3N2. The van der Waals surface area contributed by atoms with Crippen LogP contribution in [0.25, 0.3) is 0 Å². The average molecular weight is 273 g/mol. The minimum absolute atomic E-state index is 0.208. The SMILES string of the molecule is Nc1ccc(Nc2ccc(F)c(F)c2F)c(Cl)c1. The Morgan fingerprint density at radius 3 is 2.28 bits per heavy atom. The molecule has 0 fully saturated rings. The molecule has 0 amide bonds. The van der Waals surface area contributed by atoms with Gasteiger partial charge in [0.15, 0.2) is 17.5 Å². The lowest BCUT2D eigenvalue weighted by molar-refractivity contribution is 0.449. The van der Waals surface area contributed by atoms with Crippen LogP contribution in [-0.2, 0) is 0 Å². The van der Waals surface area contributed by atoms with Crippen LogP contribution < -0.4 is 11.1 Å². The Hall–Kier alpha value is -1.88. The number of nitrogen functional groups attached to an aromatic ring is 1. The average Bonchev–Trinajstić information content (AvgIpc) is 2.33. The van der Waals surface area contributed by atoms with Crippen LogP contribution in [0.5, 0.6) is 0 Å². The van der Waals surface area contributed by atoms with E-state index in [1.165, 1.54) is 12.1 Å². The highest BCUT2D eigenvalue weighted by Crippen LogP contribution is 2.29. The molecule has 2 nitrogen and oxygen atoms in total. The predicted molar refractivity (Wildman–Crippen MR) is 65.5 cm³/mol. The van der Waals surface area contributed by atoms with Gasteiger partial charge in [-0.1, -0.05) is 11.6 Å².